The predicted molar refractivity (Wildman–Crippen MR) is 75.0 cm³/mol. The van der Waals surface area contributed by atoms with Gasteiger partial charge in [-0.3, -0.25) is 0 Å². The average molecular weight is 310 g/mol. The molecule has 3 rings (SSSR count). The fourth-order valence-corrected chi connectivity index (χ4v) is 3.84. The highest BCUT2D eigenvalue weighted by molar-refractivity contribution is 7.89. The number of imidazole rings is 1. The highest BCUT2D eigenvalue weighted by atomic mass is 32.2. The summed E-state index contributed by atoms with van der Waals surface area (Å²) in [5, 5.41) is 7.81. The second-order valence-electron chi connectivity index (χ2n) is 5.44. The van der Waals surface area contributed by atoms with Crippen LogP contribution in [0.2, 0.25) is 0 Å². The lowest BCUT2D eigenvalue weighted by atomic mass is 10.3. The predicted octanol–water partition coefficient (Wildman–Crippen LogP) is 0.691. The average Bonchev–Trinajstić information content (AvgIpc) is 3.19. The van der Waals surface area contributed by atoms with Crippen molar-refractivity contribution in [2.45, 2.75) is 37.4 Å². The second-order valence-corrected chi connectivity index (χ2v) is 7.33. The monoisotopic (exact) mass is 310 g/mol. The van der Waals surface area contributed by atoms with Crippen LogP contribution in [0, 0.1) is 0 Å². The third-order valence-corrected chi connectivity index (χ3v) is 5.47. The quantitative estimate of drug-likeness (QED) is 0.829. The molecule has 1 atom stereocenters. The van der Waals surface area contributed by atoms with Gasteiger partial charge in [-0.15, -0.1) is 5.10 Å². The van der Waals surface area contributed by atoms with Crippen molar-refractivity contribution in [1.82, 2.24) is 28.9 Å². The molecular weight excluding hydrogens is 292 g/mol. The van der Waals surface area contributed by atoms with E-state index in [1.807, 2.05) is 13.8 Å². The summed E-state index contributed by atoms with van der Waals surface area (Å²) in [7, 11) is -3.54. The Labute approximate surface area is 123 Å². The second kappa shape index (κ2) is 5.23. The Morgan fingerprint density at radius 3 is 2.81 bits per heavy atom. The molecule has 1 saturated heterocycles. The number of hydrogen-bond acceptors (Lipinski definition) is 5. The Bertz CT molecular complexity index is 706. The van der Waals surface area contributed by atoms with E-state index in [4.69, 9.17) is 0 Å². The standard InChI is InChI=1S/C12H18N6O2S/c1-10(2)16-8-12(13-9-16)21(19,20)17-5-3-11(7-17)18-6-4-14-15-18/h4,6,8-11H,3,5,7H2,1-2H3. The number of nitrogens with zero attached hydrogens (tertiary/aromatic N) is 6. The van der Waals surface area contributed by atoms with Crippen molar-refractivity contribution in [3.8, 4) is 0 Å². The molecule has 8 nitrogen and oxygen atoms in total. The van der Waals surface area contributed by atoms with Crippen molar-refractivity contribution in [3.05, 3.63) is 24.9 Å². The molecule has 0 saturated carbocycles. The van der Waals surface area contributed by atoms with Crippen molar-refractivity contribution in [2.75, 3.05) is 13.1 Å². The van der Waals surface area contributed by atoms with Crippen LogP contribution in [-0.4, -0.2) is 50.4 Å². The van der Waals surface area contributed by atoms with Crippen LogP contribution in [0.4, 0.5) is 0 Å². The van der Waals surface area contributed by atoms with E-state index >= 15 is 0 Å². The summed E-state index contributed by atoms with van der Waals surface area (Å²) in [6, 6.07) is 0.220. The first-order valence-electron chi connectivity index (χ1n) is 6.88. The van der Waals surface area contributed by atoms with Gasteiger partial charge in [-0.2, -0.15) is 4.31 Å². The zero-order valence-corrected chi connectivity index (χ0v) is 12.8. The fraction of sp³-hybridized carbons (Fsp3) is 0.583. The molecule has 21 heavy (non-hydrogen) atoms. The van der Waals surface area contributed by atoms with Gasteiger partial charge >= 0.3 is 0 Å². The number of sulfonamides is 1. The van der Waals surface area contributed by atoms with Gasteiger partial charge in [0.25, 0.3) is 10.0 Å². The summed E-state index contributed by atoms with van der Waals surface area (Å²) >= 11 is 0. The molecule has 114 valence electrons. The third-order valence-electron chi connectivity index (χ3n) is 3.72. The van der Waals surface area contributed by atoms with Gasteiger partial charge in [0.05, 0.1) is 18.6 Å². The van der Waals surface area contributed by atoms with Gasteiger partial charge in [0.2, 0.25) is 0 Å². The first kappa shape index (κ1) is 14.2. The van der Waals surface area contributed by atoms with Crippen LogP contribution in [0.15, 0.2) is 29.9 Å². The minimum absolute atomic E-state index is 0.0365. The van der Waals surface area contributed by atoms with E-state index in [9.17, 15) is 8.42 Å². The van der Waals surface area contributed by atoms with Crippen LogP contribution in [0.5, 0.6) is 0 Å². The van der Waals surface area contributed by atoms with E-state index in [0.29, 0.717) is 13.1 Å². The zero-order valence-electron chi connectivity index (χ0n) is 12.0. The van der Waals surface area contributed by atoms with Gasteiger partial charge in [-0.05, 0) is 20.3 Å². The van der Waals surface area contributed by atoms with Crippen LogP contribution >= 0.6 is 0 Å². The fourth-order valence-electron chi connectivity index (χ4n) is 2.42. The van der Waals surface area contributed by atoms with E-state index in [1.54, 1.807) is 34.2 Å². The summed E-state index contributed by atoms with van der Waals surface area (Å²) in [4.78, 5) is 4.04. The molecule has 0 aromatic carbocycles. The Balaban J connectivity index is 1.79. The van der Waals surface area contributed by atoms with E-state index in [0.717, 1.165) is 6.42 Å². The molecule has 1 aliphatic rings. The van der Waals surface area contributed by atoms with Gasteiger partial charge in [0, 0.05) is 31.5 Å². The van der Waals surface area contributed by atoms with Crippen molar-refractivity contribution in [2.24, 2.45) is 0 Å². The smallest absolute Gasteiger partial charge is 0.262 e. The van der Waals surface area contributed by atoms with E-state index in [2.05, 4.69) is 15.3 Å². The molecule has 0 spiro atoms. The van der Waals surface area contributed by atoms with Crippen LogP contribution < -0.4 is 0 Å². The Morgan fingerprint density at radius 1 is 1.38 bits per heavy atom. The summed E-state index contributed by atoms with van der Waals surface area (Å²) in [5.74, 6) is 0. The molecule has 0 N–H and O–H groups in total. The molecule has 1 aliphatic heterocycles. The zero-order chi connectivity index (χ0) is 15.0. The first-order valence-corrected chi connectivity index (χ1v) is 8.32. The number of rotatable bonds is 4. The lowest BCUT2D eigenvalue weighted by Gasteiger charge is -2.15. The minimum atomic E-state index is -3.54. The van der Waals surface area contributed by atoms with Crippen molar-refractivity contribution >= 4 is 10.0 Å². The summed E-state index contributed by atoms with van der Waals surface area (Å²) in [6.07, 6.45) is 7.23. The molecule has 0 aliphatic carbocycles. The van der Waals surface area contributed by atoms with Gasteiger partial charge in [0.1, 0.15) is 0 Å². The highest BCUT2D eigenvalue weighted by Gasteiger charge is 2.35. The highest BCUT2D eigenvalue weighted by Crippen LogP contribution is 2.26. The Kier molecular flexibility index (Phi) is 3.54. The molecule has 3 heterocycles. The van der Waals surface area contributed by atoms with Gasteiger partial charge in [-0.25, -0.2) is 18.1 Å². The Morgan fingerprint density at radius 2 is 2.19 bits per heavy atom. The maximum Gasteiger partial charge on any atom is 0.262 e. The van der Waals surface area contributed by atoms with E-state index in [-0.39, 0.29) is 17.1 Å². The van der Waals surface area contributed by atoms with Crippen molar-refractivity contribution in [1.29, 1.82) is 0 Å². The number of aromatic nitrogens is 5. The normalized spacial score (nSPS) is 20.4. The number of hydrogen-bond donors (Lipinski definition) is 0. The maximum absolute atomic E-state index is 12.6. The summed E-state index contributed by atoms with van der Waals surface area (Å²) in [5.41, 5.74) is 0. The molecule has 2 aromatic rings. The lowest BCUT2D eigenvalue weighted by molar-refractivity contribution is 0.427. The molecule has 2 aromatic heterocycles. The SMILES string of the molecule is CC(C)n1cnc(S(=O)(=O)N2CCC(n3ccnn3)C2)c1. The summed E-state index contributed by atoms with van der Waals surface area (Å²) < 4.78 is 30.1. The van der Waals surface area contributed by atoms with Crippen LogP contribution in [0.25, 0.3) is 0 Å². The molecule has 0 amide bonds. The van der Waals surface area contributed by atoms with Crippen LogP contribution in [-0.2, 0) is 10.0 Å². The molecular formula is C12H18N6O2S. The summed E-state index contributed by atoms with van der Waals surface area (Å²) in [6.45, 7) is 4.84. The molecule has 0 bridgehead atoms. The van der Waals surface area contributed by atoms with Crippen molar-refractivity contribution < 1.29 is 8.42 Å². The maximum atomic E-state index is 12.6. The minimum Gasteiger partial charge on any atom is -0.334 e. The van der Waals surface area contributed by atoms with Crippen LogP contribution in [0.3, 0.4) is 0 Å². The van der Waals surface area contributed by atoms with E-state index < -0.39 is 10.0 Å². The van der Waals surface area contributed by atoms with Crippen LogP contribution in [0.1, 0.15) is 32.4 Å². The van der Waals surface area contributed by atoms with E-state index in [1.165, 1.54) is 4.31 Å². The molecule has 1 unspecified atom stereocenters. The lowest BCUT2D eigenvalue weighted by Crippen LogP contribution is -2.29. The van der Waals surface area contributed by atoms with Gasteiger partial charge < -0.3 is 4.57 Å². The topological polar surface area (TPSA) is 85.9 Å². The third kappa shape index (κ3) is 2.58. The molecule has 9 heteroatoms. The molecule has 1 fully saturated rings. The molecule has 0 radical (unpaired) electrons. The van der Waals surface area contributed by atoms with Gasteiger partial charge in [0.15, 0.2) is 5.03 Å². The van der Waals surface area contributed by atoms with Crippen molar-refractivity contribution in [3.63, 3.8) is 0 Å². The Hall–Kier alpha value is -1.74. The first-order chi connectivity index (χ1) is 9.98. The largest absolute Gasteiger partial charge is 0.334 e. The van der Waals surface area contributed by atoms with Gasteiger partial charge in [-0.1, -0.05) is 5.21 Å².